The number of benzene rings is 2. The maximum atomic E-state index is 13.4. The number of rotatable bonds is 10. The molecular formula is C25H31F8N. The van der Waals surface area contributed by atoms with Crippen LogP contribution in [0.2, 0.25) is 0 Å². The minimum atomic E-state index is -2.44. The molecule has 0 fully saturated rings. The molecule has 2 atom stereocenters. The number of hydrogen-bond acceptors (Lipinski definition) is 1. The maximum absolute atomic E-state index is 13.4. The van der Waals surface area contributed by atoms with Gasteiger partial charge in [0.15, 0.2) is 40.7 Å². The molecule has 0 amide bonds. The van der Waals surface area contributed by atoms with E-state index in [2.05, 4.69) is 33.0 Å². The normalized spacial score (nSPS) is 12.8. The summed E-state index contributed by atoms with van der Waals surface area (Å²) in [6, 6.07) is 0.665. The molecule has 1 N–H and O–H groups in total. The van der Waals surface area contributed by atoms with Crippen LogP contribution in [0.5, 0.6) is 0 Å². The molecule has 0 aliphatic rings. The van der Waals surface area contributed by atoms with Crippen LogP contribution in [-0.2, 0) is 0 Å². The summed E-state index contributed by atoms with van der Waals surface area (Å²) in [5.74, 6) is -15.8. The standard InChI is InChI=1S/C13H29N.C12H2F8/c1-5-8-13(6-2)10-9-12(4)11-14-7-3;13-4-2-1-3(6(14)7(4)15)5-8(16)10(18)12(20)11(19)9(5)17/h12-14H,5-11H2,1-4H3;1-2H. The molecule has 0 aromatic heterocycles. The van der Waals surface area contributed by atoms with Gasteiger partial charge < -0.3 is 5.32 Å². The number of hydrogen-bond donors (Lipinski definition) is 1. The zero-order valence-electron chi connectivity index (χ0n) is 19.8. The van der Waals surface area contributed by atoms with Gasteiger partial charge >= 0.3 is 0 Å². The molecule has 2 aromatic carbocycles. The molecule has 9 heteroatoms. The van der Waals surface area contributed by atoms with Gasteiger partial charge in [-0.3, -0.25) is 0 Å². The Balaban J connectivity index is 0.000000365. The summed E-state index contributed by atoms with van der Waals surface area (Å²) in [4.78, 5) is 0. The summed E-state index contributed by atoms with van der Waals surface area (Å²) in [7, 11) is 0. The lowest BCUT2D eigenvalue weighted by molar-refractivity contribution is 0.370. The first-order valence-electron chi connectivity index (χ1n) is 11.4. The second-order valence-corrected chi connectivity index (χ2v) is 8.22. The van der Waals surface area contributed by atoms with E-state index in [0.717, 1.165) is 18.4 Å². The molecule has 0 saturated heterocycles. The van der Waals surface area contributed by atoms with E-state index in [1.165, 1.54) is 38.6 Å². The predicted octanol–water partition coefficient (Wildman–Crippen LogP) is 8.30. The molecule has 0 saturated carbocycles. The monoisotopic (exact) mass is 497 g/mol. The second kappa shape index (κ2) is 14.3. The Labute approximate surface area is 195 Å². The van der Waals surface area contributed by atoms with Gasteiger partial charge in [0.1, 0.15) is 0 Å². The van der Waals surface area contributed by atoms with Crippen molar-refractivity contribution in [1.29, 1.82) is 0 Å². The molecule has 2 unspecified atom stereocenters. The van der Waals surface area contributed by atoms with Crippen molar-refractivity contribution < 1.29 is 35.1 Å². The molecule has 0 radical (unpaired) electrons. The molecule has 0 aliphatic carbocycles. The minimum Gasteiger partial charge on any atom is -0.317 e. The summed E-state index contributed by atoms with van der Waals surface area (Å²) >= 11 is 0. The van der Waals surface area contributed by atoms with Gasteiger partial charge in [-0.15, -0.1) is 0 Å². The zero-order valence-corrected chi connectivity index (χ0v) is 19.8. The van der Waals surface area contributed by atoms with Crippen LogP contribution in [0.4, 0.5) is 35.1 Å². The quantitative estimate of drug-likeness (QED) is 0.198. The van der Waals surface area contributed by atoms with Crippen molar-refractivity contribution in [1.82, 2.24) is 5.32 Å². The van der Waals surface area contributed by atoms with Gasteiger partial charge in [0, 0.05) is 5.56 Å². The molecule has 1 nitrogen and oxygen atoms in total. The van der Waals surface area contributed by atoms with Crippen LogP contribution >= 0.6 is 0 Å². The van der Waals surface area contributed by atoms with Crippen LogP contribution in [0.25, 0.3) is 11.1 Å². The molecular weight excluding hydrogens is 466 g/mol. The Morgan fingerprint density at radius 3 is 1.74 bits per heavy atom. The van der Waals surface area contributed by atoms with Crippen molar-refractivity contribution in [3.63, 3.8) is 0 Å². The van der Waals surface area contributed by atoms with E-state index in [0.29, 0.717) is 12.1 Å². The van der Waals surface area contributed by atoms with Gasteiger partial charge in [-0.25, -0.2) is 35.1 Å². The highest BCUT2D eigenvalue weighted by atomic mass is 19.2. The molecule has 192 valence electrons. The van der Waals surface area contributed by atoms with Crippen LogP contribution in [0.1, 0.15) is 59.8 Å². The average molecular weight is 498 g/mol. The van der Waals surface area contributed by atoms with Crippen LogP contribution in [0.3, 0.4) is 0 Å². The lowest BCUT2D eigenvalue weighted by Gasteiger charge is -2.17. The van der Waals surface area contributed by atoms with E-state index in [-0.39, 0.29) is 0 Å². The molecule has 2 rings (SSSR count). The SMILES string of the molecule is CCCC(CC)CCC(C)CNCC.Fc1ccc(-c2c(F)c(F)c(F)c(F)c2F)c(F)c1F. The molecule has 2 aromatic rings. The summed E-state index contributed by atoms with van der Waals surface area (Å²) in [6.45, 7) is 11.5. The molecule has 0 aliphatic heterocycles. The van der Waals surface area contributed by atoms with E-state index >= 15 is 0 Å². The van der Waals surface area contributed by atoms with Gasteiger partial charge in [0.05, 0.1) is 5.56 Å². The highest BCUT2D eigenvalue weighted by molar-refractivity contribution is 5.66. The zero-order chi connectivity index (χ0) is 26.0. The Kier molecular flexibility index (Phi) is 12.6. The smallest absolute Gasteiger partial charge is 0.200 e. The third-order valence-corrected chi connectivity index (χ3v) is 5.60. The summed E-state index contributed by atoms with van der Waals surface area (Å²) in [6.07, 6.45) is 6.95. The predicted molar refractivity (Wildman–Crippen MR) is 117 cm³/mol. The largest absolute Gasteiger partial charge is 0.317 e. The van der Waals surface area contributed by atoms with Crippen molar-refractivity contribution >= 4 is 0 Å². The van der Waals surface area contributed by atoms with Crippen LogP contribution in [0.15, 0.2) is 12.1 Å². The third-order valence-electron chi connectivity index (χ3n) is 5.60. The van der Waals surface area contributed by atoms with E-state index in [9.17, 15) is 35.1 Å². The fraction of sp³-hybridized carbons (Fsp3) is 0.520. The highest BCUT2D eigenvalue weighted by Crippen LogP contribution is 2.34. The van der Waals surface area contributed by atoms with Crippen LogP contribution in [-0.4, -0.2) is 13.1 Å². The lowest BCUT2D eigenvalue weighted by Crippen LogP contribution is -2.21. The topological polar surface area (TPSA) is 12.0 Å². The Hall–Kier alpha value is -2.16. The van der Waals surface area contributed by atoms with Crippen molar-refractivity contribution in [3.05, 3.63) is 58.7 Å². The first kappa shape index (κ1) is 29.9. The van der Waals surface area contributed by atoms with E-state index < -0.39 is 57.7 Å². The summed E-state index contributed by atoms with van der Waals surface area (Å²) < 4.78 is 105. The average Bonchev–Trinajstić information content (AvgIpc) is 2.83. The number of halogens is 8. The fourth-order valence-corrected chi connectivity index (χ4v) is 3.53. The summed E-state index contributed by atoms with van der Waals surface area (Å²) in [5.41, 5.74) is -2.95. The minimum absolute atomic E-state index is 0.297. The van der Waals surface area contributed by atoms with Crippen molar-refractivity contribution in [3.8, 4) is 11.1 Å². The van der Waals surface area contributed by atoms with Gasteiger partial charge in [-0.2, -0.15) is 0 Å². The highest BCUT2D eigenvalue weighted by Gasteiger charge is 2.29. The third kappa shape index (κ3) is 7.68. The Morgan fingerprint density at radius 1 is 0.676 bits per heavy atom. The first-order valence-corrected chi connectivity index (χ1v) is 11.4. The van der Waals surface area contributed by atoms with Gasteiger partial charge in [-0.1, -0.05) is 53.4 Å². The van der Waals surface area contributed by atoms with E-state index in [4.69, 9.17) is 0 Å². The van der Waals surface area contributed by atoms with E-state index in [1.807, 2.05) is 0 Å². The Bertz CT molecular complexity index is 903. The molecule has 0 bridgehead atoms. The lowest BCUT2D eigenvalue weighted by atomic mass is 9.91. The molecule has 34 heavy (non-hydrogen) atoms. The Morgan fingerprint density at radius 2 is 1.24 bits per heavy atom. The molecule has 0 heterocycles. The van der Waals surface area contributed by atoms with Crippen molar-refractivity contribution in [2.24, 2.45) is 11.8 Å². The van der Waals surface area contributed by atoms with Crippen molar-refractivity contribution in [2.75, 3.05) is 13.1 Å². The van der Waals surface area contributed by atoms with Gasteiger partial charge in [-0.05, 0) is 43.5 Å². The summed E-state index contributed by atoms with van der Waals surface area (Å²) in [5, 5.41) is 3.42. The maximum Gasteiger partial charge on any atom is 0.200 e. The van der Waals surface area contributed by atoms with Gasteiger partial charge in [0.2, 0.25) is 5.82 Å². The van der Waals surface area contributed by atoms with Gasteiger partial charge in [0.25, 0.3) is 0 Å². The fourth-order valence-electron chi connectivity index (χ4n) is 3.53. The molecule has 0 spiro atoms. The second-order valence-electron chi connectivity index (χ2n) is 8.22. The van der Waals surface area contributed by atoms with E-state index in [1.54, 1.807) is 0 Å². The van der Waals surface area contributed by atoms with Crippen molar-refractivity contribution in [2.45, 2.75) is 59.8 Å². The first-order chi connectivity index (χ1) is 16.0. The van der Waals surface area contributed by atoms with Crippen LogP contribution < -0.4 is 5.32 Å². The number of nitrogens with one attached hydrogen (secondary N) is 1. The van der Waals surface area contributed by atoms with Crippen LogP contribution in [0, 0.1) is 58.4 Å².